The number of amides is 4. The predicted molar refractivity (Wildman–Crippen MR) is 287 cm³/mol. The van der Waals surface area contributed by atoms with Crippen LogP contribution in [0.2, 0.25) is 0 Å². The number of carboxylic acid groups (broad SMARTS) is 4. The highest BCUT2D eigenvalue weighted by atomic mass is 32.2. The molecule has 0 radical (unpaired) electrons. The Morgan fingerprint density at radius 3 is 1.74 bits per heavy atom. The lowest BCUT2D eigenvalue weighted by molar-refractivity contribution is -0.140. The lowest BCUT2D eigenvalue weighted by Crippen LogP contribution is -2.54. The van der Waals surface area contributed by atoms with Crippen LogP contribution in [0.3, 0.4) is 0 Å². The topological polar surface area (TPSA) is 413 Å². The largest absolute Gasteiger partial charge is 0.494 e. The fraction of sp³-hybridized carbons (Fsp3) is 0.612. The molecule has 3 heterocycles. The van der Waals surface area contributed by atoms with Gasteiger partial charge in [0.05, 0.1) is 37.7 Å². The Hall–Kier alpha value is -6.61. The first-order valence-electron chi connectivity index (χ1n) is 26.1. The van der Waals surface area contributed by atoms with Gasteiger partial charge in [-0.25, -0.2) is 13.4 Å². The third kappa shape index (κ3) is 24.8. The number of aromatic nitrogens is 1. The zero-order valence-electron chi connectivity index (χ0n) is 44.9. The molecule has 1 fully saturated rings. The van der Waals surface area contributed by atoms with E-state index in [1.54, 1.807) is 9.80 Å². The first-order chi connectivity index (χ1) is 37.8. The van der Waals surface area contributed by atoms with Gasteiger partial charge in [0.1, 0.15) is 29.4 Å². The first-order valence-corrected chi connectivity index (χ1v) is 29.2. The van der Waals surface area contributed by atoms with Gasteiger partial charge in [0, 0.05) is 97.1 Å². The molecule has 29 nitrogen and oxygen atoms in total. The Labute approximate surface area is 464 Å². The average Bonchev–Trinajstić information content (AvgIpc) is 3.36. The van der Waals surface area contributed by atoms with Gasteiger partial charge >= 0.3 is 23.9 Å². The maximum absolute atomic E-state index is 13.5. The van der Waals surface area contributed by atoms with E-state index < -0.39 is 112 Å². The van der Waals surface area contributed by atoms with Crippen LogP contribution in [0.1, 0.15) is 60.9 Å². The Morgan fingerprint density at radius 2 is 1.20 bits per heavy atom. The molecule has 2 aliphatic heterocycles. The Morgan fingerprint density at radius 1 is 0.675 bits per heavy atom. The van der Waals surface area contributed by atoms with Crippen LogP contribution in [0.4, 0.5) is 5.82 Å². The van der Waals surface area contributed by atoms with E-state index in [4.69, 9.17) is 4.74 Å². The summed E-state index contributed by atoms with van der Waals surface area (Å²) in [5.41, 5.74) is 2.55. The van der Waals surface area contributed by atoms with Gasteiger partial charge in [-0.1, -0.05) is 6.07 Å². The van der Waals surface area contributed by atoms with Gasteiger partial charge in [0.15, 0.2) is 0 Å². The minimum atomic E-state index is -4.84. The van der Waals surface area contributed by atoms with E-state index >= 15 is 0 Å². The lowest BCUT2D eigenvalue weighted by Gasteiger charge is -2.33. The molecule has 446 valence electrons. The van der Waals surface area contributed by atoms with Crippen LogP contribution in [0, 0.1) is 13.8 Å². The Balaban J connectivity index is 1.20. The summed E-state index contributed by atoms with van der Waals surface area (Å²) < 4.78 is 68.4. The van der Waals surface area contributed by atoms with Crippen molar-refractivity contribution >= 4 is 73.5 Å². The highest BCUT2D eigenvalue weighted by Crippen LogP contribution is 2.26. The van der Waals surface area contributed by atoms with Crippen molar-refractivity contribution in [1.82, 2.24) is 50.6 Å². The van der Waals surface area contributed by atoms with E-state index in [0.29, 0.717) is 19.3 Å². The molecule has 2 aromatic rings. The first kappa shape index (κ1) is 65.9. The summed E-state index contributed by atoms with van der Waals surface area (Å²) in [6.45, 7) is 2.17. The van der Waals surface area contributed by atoms with Gasteiger partial charge in [0.25, 0.3) is 10.1 Å². The number of hydrogen-bond donors (Lipinski definition) is 11. The molecule has 4 amide bonds. The molecule has 0 saturated carbocycles. The Kier molecular flexibility index (Phi) is 26.9. The molecule has 2 aliphatic rings. The number of nitrogens with one attached hydrogen (secondary N) is 6. The van der Waals surface area contributed by atoms with Crippen molar-refractivity contribution in [2.75, 3.05) is 122 Å². The van der Waals surface area contributed by atoms with Crippen LogP contribution in [-0.2, 0) is 71.3 Å². The fourth-order valence-corrected chi connectivity index (χ4v) is 11.2. The standard InChI is InChI=1S/C49H75N11O18S2/c1-33-25-37(26-34(2)46(33)80(76,77)56-38(49(71)72)27-53-41(62)9-4-3-8-36-12-11-35-7-5-13-51-47(35)54-36)78-24-6-10-40(61)50-14-15-52-48(70)39(32-79(73,74)75)55-42(63)28-57-16-18-58(29-43(64)65)20-22-60(31-45(68)69)23-21-59(19-17-57)30-44(66)67/h11-12,25-26,38-39,56H,3-10,13-24,27-32H2,1-2H3,(H,50,61)(H,51,54)(H,52,70)(H,53,62)(H,55,63)(H,64,65)(H,66,67)(H,68,69)(H,71,72)(H,73,74,75)/t38-,39-/m0/s1. The summed E-state index contributed by atoms with van der Waals surface area (Å²) in [7, 11) is -9.25. The number of hydrogen-bond acceptors (Lipinski definition) is 19. The normalized spacial score (nSPS) is 16.0. The molecule has 2 atom stereocenters. The second-order valence-corrected chi connectivity index (χ2v) is 22.6. The van der Waals surface area contributed by atoms with Gasteiger partial charge < -0.3 is 51.7 Å². The number of anilines is 1. The monoisotopic (exact) mass is 1170 g/mol. The molecule has 80 heavy (non-hydrogen) atoms. The van der Waals surface area contributed by atoms with Crippen molar-refractivity contribution in [3.8, 4) is 5.75 Å². The summed E-state index contributed by atoms with van der Waals surface area (Å²) in [5.74, 6) is -7.75. The van der Waals surface area contributed by atoms with Gasteiger partial charge in [-0.2, -0.15) is 13.1 Å². The summed E-state index contributed by atoms with van der Waals surface area (Å²) >= 11 is 0. The number of nitrogens with zero attached hydrogens (tertiary/aromatic N) is 5. The number of pyridine rings is 1. The van der Waals surface area contributed by atoms with Crippen LogP contribution in [0.5, 0.6) is 5.75 Å². The number of aryl methyl sites for hydroxylation is 4. The molecule has 0 aliphatic carbocycles. The number of sulfonamides is 1. The van der Waals surface area contributed by atoms with Crippen molar-refractivity contribution in [1.29, 1.82) is 0 Å². The number of unbranched alkanes of at least 4 members (excludes halogenated alkanes) is 1. The maximum atomic E-state index is 13.5. The van der Waals surface area contributed by atoms with Gasteiger partial charge in [-0.05, 0) is 87.3 Å². The molecule has 0 unspecified atom stereocenters. The molecule has 0 spiro atoms. The molecular formula is C49H75N11O18S2. The molecule has 4 rings (SSSR count). The second kappa shape index (κ2) is 32.6. The molecule has 11 N–H and O–H groups in total. The highest BCUT2D eigenvalue weighted by molar-refractivity contribution is 7.89. The quantitative estimate of drug-likeness (QED) is 0.0276. The maximum Gasteiger partial charge on any atom is 0.323 e. The second-order valence-electron chi connectivity index (χ2n) is 19.5. The summed E-state index contributed by atoms with van der Waals surface area (Å²) in [4.78, 5) is 109. The van der Waals surface area contributed by atoms with E-state index in [0.717, 1.165) is 30.9 Å². The van der Waals surface area contributed by atoms with Gasteiger partial charge in [-0.3, -0.25) is 62.5 Å². The Bertz CT molecular complexity index is 2660. The van der Waals surface area contributed by atoms with Gasteiger partial charge in [0.2, 0.25) is 33.7 Å². The van der Waals surface area contributed by atoms with E-state index in [9.17, 15) is 80.2 Å². The SMILES string of the molecule is Cc1cc(OCCCC(=O)NCCNC(=O)[C@H](CS(=O)(=O)O)NC(=O)CN2CCN(CC(=O)O)CCN(CC(=O)O)CCN(CC(=O)O)CC2)cc(C)c1S(=O)(=O)N[C@@H](CNC(=O)CCCCc1ccc2c(n1)NCCC2)C(=O)O. The van der Waals surface area contributed by atoms with Crippen LogP contribution < -0.4 is 36.0 Å². The zero-order valence-corrected chi connectivity index (χ0v) is 46.6. The third-order valence-electron chi connectivity index (χ3n) is 12.8. The summed E-state index contributed by atoms with van der Waals surface area (Å²) in [6, 6.07) is 3.44. The van der Waals surface area contributed by atoms with E-state index in [1.165, 1.54) is 41.3 Å². The van der Waals surface area contributed by atoms with Crippen molar-refractivity contribution in [3.05, 3.63) is 46.6 Å². The fourth-order valence-electron chi connectivity index (χ4n) is 8.89. The minimum Gasteiger partial charge on any atom is -0.494 e. The molecular weight excluding hydrogens is 1090 g/mol. The van der Waals surface area contributed by atoms with Crippen LogP contribution in [0.15, 0.2) is 29.2 Å². The number of benzene rings is 1. The van der Waals surface area contributed by atoms with Crippen molar-refractivity contribution in [2.24, 2.45) is 0 Å². The number of fused-ring (bicyclic) bond motifs is 1. The van der Waals surface area contributed by atoms with Crippen LogP contribution in [-0.4, -0.2) is 243 Å². The predicted octanol–water partition coefficient (Wildman–Crippen LogP) is -2.44. The number of ether oxygens (including phenoxy) is 1. The third-order valence-corrected chi connectivity index (χ3v) is 15.3. The van der Waals surface area contributed by atoms with Crippen LogP contribution in [0.25, 0.3) is 0 Å². The molecule has 1 aromatic carbocycles. The number of rotatable bonds is 31. The van der Waals surface area contributed by atoms with Gasteiger partial charge in [-0.15, -0.1) is 0 Å². The number of carbonyl (C=O) groups is 8. The van der Waals surface area contributed by atoms with Crippen molar-refractivity contribution in [2.45, 2.75) is 82.2 Å². The summed E-state index contributed by atoms with van der Waals surface area (Å²) in [5, 5.41) is 51.2. The van der Waals surface area contributed by atoms with Crippen LogP contribution >= 0.6 is 0 Å². The van der Waals surface area contributed by atoms with Crippen molar-refractivity contribution in [3.63, 3.8) is 0 Å². The molecule has 1 aromatic heterocycles. The zero-order chi connectivity index (χ0) is 59.0. The number of aliphatic carboxylic acids is 4. The molecule has 0 bridgehead atoms. The molecule has 31 heteroatoms. The summed E-state index contributed by atoms with van der Waals surface area (Å²) in [6.07, 6.45) is 4.11. The number of carbonyl (C=O) groups excluding carboxylic acids is 4. The molecule has 1 saturated heterocycles. The lowest BCUT2D eigenvalue weighted by atomic mass is 10.1. The highest BCUT2D eigenvalue weighted by Gasteiger charge is 2.30. The average molecular weight is 1170 g/mol. The van der Waals surface area contributed by atoms with E-state index in [2.05, 4.69) is 42.4 Å². The van der Waals surface area contributed by atoms with E-state index in [-0.39, 0.29) is 120 Å². The smallest absolute Gasteiger partial charge is 0.323 e. The van der Waals surface area contributed by atoms with Crippen molar-refractivity contribution < 1.29 is 84.9 Å². The van der Waals surface area contributed by atoms with E-state index in [1.807, 2.05) is 6.07 Å². The minimum absolute atomic E-state index is 0.0134. The number of carboxylic acids is 4.